The van der Waals surface area contributed by atoms with Crippen molar-refractivity contribution < 1.29 is 37.4 Å². The van der Waals surface area contributed by atoms with Gasteiger partial charge in [-0.3, -0.25) is 4.90 Å². The van der Waals surface area contributed by atoms with Crippen molar-refractivity contribution in [3.8, 4) is 5.75 Å². The predicted molar refractivity (Wildman–Crippen MR) is 166 cm³/mol. The van der Waals surface area contributed by atoms with Crippen LogP contribution in [0.25, 0.3) is 21.7 Å². The van der Waals surface area contributed by atoms with Gasteiger partial charge in [-0.15, -0.1) is 0 Å². The van der Waals surface area contributed by atoms with Crippen LogP contribution in [0.3, 0.4) is 0 Å². The van der Waals surface area contributed by atoms with Gasteiger partial charge < -0.3 is 4.74 Å². The third-order valence-corrected chi connectivity index (χ3v) is 10.5. The van der Waals surface area contributed by atoms with E-state index in [1.54, 1.807) is 17.0 Å². The molecular formula is C28H31BrN3O8PS. The number of nitrogens with one attached hydrogen (secondary N) is 1. The van der Waals surface area contributed by atoms with Gasteiger partial charge in [0.05, 0.1) is 13.2 Å². The van der Waals surface area contributed by atoms with Gasteiger partial charge in [-0.2, -0.15) is 0 Å². The Kier molecular flexibility index (Phi) is 8.29. The zero-order valence-electron chi connectivity index (χ0n) is 22.5. The van der Waals surface area contributed by atoms with Crippen molar-refractivity contribution in [1.29, 1.82) is 0 Å². The molecule has 1 atom stereocenters. The zero-order chi connectivity index (χ0) is 29.6. The van der Waals surface area contributed by atoms with Crippen LogP contribution in [0.4, 0.5) is 5.69 Å². The molecule has 42 heavy (non-hydrogen) atoms. The van der Waals surface area contributed by atoms with E-state index in [1.165, 1.54) is 18.2 Å². The van der Waals surface area contributed by atoms with Crippen molar-refractivity contribution in [2.75, 3.05) is 56.2 Å². The van der Waals surface area contributed by atoms with Gasteiger partial charge in [0, 0.05) is 19.6 Å². The van der Waals surface area contributed by atoms with E-state index in [-0.39, 0.29) is 27.4 Å². The molecule has 1 saturated heterocycles. The van der Waals surface area contributed by atoms with Gasteiger partial charge in [0.15, 0.2) is 0 Å². The van der Waals surface area contributed by atoms with Gasteiger partial charge in [0.25, 0.3) is 0 Å². The molecule has 0 spiro atoms. The Bertz CT molecular complexity index is 1740. The molecule has 4 aromatic rings. The van der Waals surface area contributed by atoms with Crippen LogP contribution in [-0.4, -0.2) is 90.2 Å². The second kappa shape index (κ2) is 11.8. The first-order valence-corrected chi connectivity index (χ1v) is 17.6. The monoisotopic (exact) mass is 679 g/mol. The molecule has 1 amide bonds. The van der Waals surface area contributed by atoms with E-state index in [0.29, 0.717) is 41.0 Å². The van der Waals surface area contributed by atoms with Gasteiger partial charge in [0.1, 0.15) is 0 Å². The number of benzene rings is 3. The molecule has 0 radical (unpaired) electrons. The van der Waals surface area contributed by atoms with Crippen LogP contribution in [0.2, 0.25) is 0 Å². The fraction of sp³-hybridized carbons (Fsp3) is 0.321. The van der Waals surface area contributed by atoms with Crippen LogP contribution < -0.4 is 14.9 Å². The summed E-state index contributed by atoms with van der Waals surface area (Å²) in [4.78, 5) is 51.9. The van der Waals surface area contributed by atoms with E-state index >= 15 is 0 Å². The number of hydrogen-bond donors (Lipinski definition) is 5. The standard InChI is InChI=1S/C28H31BrN3O8PS/c29-15-18-16-32(25-14-26(41(34,35)36)22-13-20(42(37)38)2-3-21(22)27(18)25)28(33)24-12-17-11-19(1-4-23(17)30-24)40-10-7-31-5-8-39-9-6-31/h1-4,11-14,18,30,34-36,41-42H,5-10,15-16H2. The topological polar surface area (TPSA) is 153 Å². The molecule has 0 bridgehead atoms. The van der Waals surface area contributed by atoms with Gasteiger partial charge in [-0.05, 0) is 0 Å². The normalized spacial score (nSPS) is 18.2. The molecule has 6 rings (SSSR count). The number of ether oxygens (including phenoxy) is 2. The van der Waals surface area contributed by atoms with E-state index in [4.69, 9.17) is 9.47 Å². The summed E-state index contributed by atoms with van der Waals surface area (Å²) < 4.78 is 34.7. The van der Waals surface area contributed by atoms with Gasteiger partial charge in [-0.1, -0.05) is 0 Å². The van der Waals surface area contributed by atoms with Gasteiger partial charge in [-0.25, -0.2) is 0 Å². The first-order valence-electron chi connectivity index (χ1n) is 13.5. The predicted octanol–water partition coefficient (Wildman–Crippen LogP) is 2.24. The quantitative estimate of drug-likeness (QED) is 0.107. The number of nitrogens with zero attached hydrogens (tertiary/aromatic N) is 2. The SMILES string of the molecule is O=C(c1cc2cc(OCCN3CCOCC3)ccc2[nH]1)N1CC(CBr)c2c1cc([PH](O)(O)O)c1cc([SH](=O)=O)ccc21. The second-order valence-corrected chi connectivity index (χ2v) is 14.0. The van der Waals surface area contributed by atoms with Crippen LogP contribution in [-0.2, 0) is 15.4 Å². The number of amides is 1. The number of carbonyl (C=O) groups excluding carboxylic acids is 1. The van der Waals surface area contributed by atoms with E-state index < -0.39 is 18.6 Å². The first kappa shape index (κ1) is 29.5. The Balaban J connectivity index is 1.32. The number of morpholine rings is 1. The van der Waals surface area contributed by atoms with Crippen LogP contribution >= 0.6 is 23.9 Å². The number of anilines is 1. The van der Waals surface area contributed by atoms with Crippen molar-refractivity contribution in [2.45, 2.75) is 10.8 Å². The molecule has 0 aliphatic carbocycles. The molecule has 2 aliphatic heterocycles. The average Bonchev–Trinajstić information content (AvgIpc) is 3.57. The average molecular weight is 681 g/mol. The Labute approximate surface area is 252 Å². The van der Waals surface area contributed by atoms with Crippen molar-refractivity contribution >= 4 is 73.2 Å². The van der Waals surface area contributed by atoms with Crippen LogP contribution in [0.5, 0.6) is 5.75 Å². The summed E-state index contributed by atoms with van der Waals surface area (Å²) in [7, 11) is -7.84. The molecule has 1 aromatic heterocycles. The van der Waals surface area contributed by atoms with Gasteiger partial charge in [0.2, 0.25) is 0 Å². The van der Waals surface area contributed by atoms with E-state index in [0.717, 1.165) is 49.3 Å². The molecule has 11 nitrogen and oxygen atoms in total. The number of aromatic nitrogens is 1. The van der Waals surface area contributed by atoms with Crippen molar-refractivity contribution in [3.63, 3.8) is 0 Å². The summed E-state index contributed by atoms with van der Waals surface area (Å²) in [5.41, 5.74) is 2.31. The molecule has 0 saturated carbocycles. The number of H-pyrrole nitrogens is 1. The summed E-state index contributed by atoms with van der Waals surface area (Å²) in [6.07, 6.45) is 0. The van der Waals surface area contributed by atoms with Crippen molar-refractivity contribution in [3.05, 3.63) is 59.8 Å². The number of hydrogen-bond acceptors (Lipinski definition) is 9. The minimum absolute atomic E-state index is 0.0132. The number of aromatic amines is 1. The van der Waals surface area contributed by atoms with E-state index in [2.05, 4.69) is 25.8 Å². The Morgan fingerprint density at radius 2 is 1.86 bits per heavy atom. The summed E-state index contributed by atoms with van der Waals surface area (Å²) in [5.74, 6) is 0.219. The molecule has 3 heterocycles. The molecular weight excluding hydrogens is 649 g/mol. The third-order valence-electron chi connectivity index (χ3n) is 7.85. The van der Waals surface area contributed by atoms with Crippen LogP contribution in [0.15, 0.2) is 53.4 Å². The third kappa shape index (κ3) is 5.68. The summed E-state index contributed by atoms with van der Waals surface area (Å²) >= 11 is 3.54. The van der Waals surface area contributed by atoms with E-state index in [1.807, 2.05) is 18.2 Å². The van der Waals surface area contributed by atoms with Crippen molar-refractivity contribution in [2.24, 2.45) is 0 Å². The fourth-order valence-corrected chi connectivity index (χ4v) is 7.63. The molecule has 1 unspecified atom stereocenters. The maximum atomic E-state index is 13.9. The minimum atomic E-state index is -4.91. The van der Waals surface area contributed by atoms with Crippen LogP contribution in [0.1, 0.15) is 22.0 Å². The number of rotatable bonds is 8. The number of carbonyl (C=O) groups is 1. The number of fused-ring (bicyclic) bond motifs is 4. The summed E-state index contributed by atoms with van der Waals surface area (Å²) in [5, 5.41) is 1.92. The van der Waals surface area contributed by atoms with Crippen molar-refractivity contribution in [1.82, 2.24) is 9.88 Å². The first-order chi connectivity index (χ1) is 20.1. The summed E-state index contributed by atoms with van der Waals surface area (Å²) in [6.45, 7) is 4.88. The summed E-state index contributed by atoms with van der Waals surface area (Å²) in [6, 6.07) is 13.1. The molecule has 4 N–H and O–H groups in total. The zero-order valence-corrected chi connectivity index (χ0v) is 25.9. The maximum absolute atomic E-state index is 13.9. The molecule has 1 fully saturated rings. The van der Waals surface area contributed by atoms with Crippen LogP contribution in [0, 0.1) is 0 Å². The number of thiol groups is 1. The second-order valence-electron chi connectivity index (χ2n) is 10.5. The fourth-order valence-electron chi connectivity index (χ4n) is 5.77. The number of alkyl halides is 1. The van der Waals surface area contributed by atoms with E-state index in [9.17, 15) is 27.9 Å². The molecule has 2 aliphatic rings. The molecule has 224 valence electrons. The Morgan fingerprint density at radius 3 is 2.57 bits per heavy atom. The Hall–Kier alpha value is -2.61. The molecule has 14 heteroatoms. The molecule has 3 aromatic carbocycles. The van der Waals surface area contributed by atoms with Gasteiger partial charge >= 0.3 is 210 Å². The Morgan fingerprint density at radius 1 is 1.07 bits per heavy atom. The number of halogens is 1.